The molecule has 0 spiro atoms. The van der Waals surface area contributed by atoms with Crippen molar-refractivity contribution in [2.45, 2.75) is 27.7 Å². The molecular weight excluding hydrogens is 525 g/mol. The summed E-state index contributed by atoms with van der Waals surface area (Å²) in [6, 6.07) is 12.9. The first kappa shape index (κ1) is 27.2. The van der Waals surface area contributed by atoms with E-state index in [4.69, 9.17) is 20.2 Å². The Kier molecular flexibility index (Phi) is 9.95. The van der Waals surface area contributed by atoms with Crippen molar-refractivity contribution in [3.63, 3.8) is 0 Å². The second-order valence-electron chi connectivity index (χ2n) is 7.23. The van der Waals surface area contributed by atoms with Crippen molar-refractivity contribution in [3.8, 4) is 0 Å². The summed E-state index contributed by atoms with van der Waals surface area (Å²) in [6.07, 6.45) is 0. The summed E-state index contributed by atoms with van der Waals surface area (Å²) in [4.78, 5) is 34.2. The zero-order valence-corrected chi connectivity index (χ0v) is 21.2. The van der Waals surface area contributed by atoms with E-state index in [9.17, 15) is 20.2 Å². The monoisotopic (exact) mass is 544 g/mol. The Morgan fingerprint density at radius 3 is 1.56 bits per heavy atom. The molecule has 1 aromatic heterocycles. The number of halogens is 2. The molecule has 0 fully saturated rings. The number of nitrogens with zero attached hydrogens (tertiary/aromatic N) is 5. The van der Waals surface area contributed by atoms with Gasteiger partial charge in [0.15, 0.2) is 0 Å². The van der Waals surface area contributed by atoms with Gasteiger partial charge in [-0.2, -0.15) is 0 Å². The van der Waals surface area contributed by atoms with Gasteiger partial charge in [0.1, 0.15) is 0 Å². The van der Waals surface area contributed by atoms with Gasteiger partial charge in [-0.15, -0.1) is 11.4 Å². The van der Waals surface area contributed by atoms with Crippen LogP contribution < -0.4 is 4.98 Å². The third-order valence-electron chi connectivity index (χ3n) is 4.49. The van der Waals surface area contributed by atoms with Crippen LogP contribution in [0.4, 0.5) is 22.7 Å². The fraction of sp³-hybridized carbons (Fsp3) is 0.182. The number of nitro groups is 2. The first-order valence-corrected chi connectivity index (χ1v) is 12.7. The molecule has 0 bridgehead atoms. The summed E-state index contributed by atoms with van der Waals surface area (Å²) < 4.78 is 0. The summed E-state index contributed by atoms with van der Waals surface area (Å²) in [7, 11) is 9.53. The van der Waals surface area contributed by atoms with Gasteiger partial charge in [0.2, 0.25) is 0 Å². The van der Waals surface area contributed by atoms with Crippen molar-refractivity contribution in [3.05, 3.63) is 91.3 Å². The van der Waals surface area contributed by atoms with Gasteiger partial charge in [-0.3, -0.25) is 30.2 Å². The third-order valence-corrected chi connectivity index (χ3v) is 4.49. The van der Waals surface area contributed by atoms with Crippen molar-refractivity contribution in [2.75, 3.05) is 0 Å². The van der Waals surface area contributed by atoms with Crippen LogP contribution in [0.25, 0.3) is 0 Å². The summed E-state index contributed by atoms with van der Waals surface area (Å²) in [5, 5.41) is 22.1. The number of rotatable bonds is 6. The van der Waals surface area contributed by atoms with Gasteiger partial charge >= 0.3 is 33.3 Å². The summed E-state index contributed by atoms with van der Waals surface area (Å²) in [6.45, 7) is 7.57. The zero-order chi connectivity index (χ0) is 25.4. The van der Waals surface area contributed by atoms with Crippen molar-refractivity contribution in [1.82, 2.24) is 4.98 Å². The van der Waals surface area contributed by atoms with Crippen LogP contribution in [0.5, 0.6) is 0 Å². The van der Waals surface area contributed by atoms with Gasteiger partial charge in [0, 0.05) is 23.6 Å². The predicted octanol–water partition coefficient (Wildman–Crippen LogP) is 6.73. The molecule has 0 radical (unpaired) electrons. The van der Waals surface area contributed by atoms with E-state index in [1.165, 1.54) is 12.1 Å². The van der Waals surface area contributed by atoms with E-state index in [1.807, 2.05) is 39.0 Å². The molecule has 9 nitrogen and oxygen atoms in total. The van der Waals surface area contributed by atoms with E-state index in [2.05, 4.69) is 21.0 Å². The number of aliphatic imine (C=N–C) groups is 2. The average molecular weight is 545 g/mol. The van der Waals surface area contributed by atoms with Crippen molar-refractivity contribution < 1.29 is 23.0 Å². The standard InChI is InChI=1S/C22H20N5O4.2ClH.Fe/c1-13-7-14(2)9-17(8-13)23-15(3)21-5-6-22(25-21)16(4)24-18-10-19(26(28)29)12-20(11-18)27(30)31;;;/h5-12H,1-4H3;2*1H;/q-1;;;+3/p-2. The molecule has 3 rings (SSSR count). The molecule has 179 valence electrons. The molecule has 0 atom stereocenters. The average Bonchev–Trinajstić information content (AvgIpc) is 3.24. The minimum absolute atomic E-state index is 0.114. The van der Waals surface area contributed by atoms with Crippen LogP contribution in [0.1, 0.15) is 36.4 Å². The normalized spacial score (nSPS) is 11.6. The third kappa shape index (κ3) is 7.78. The molecule has 0 aliphatic rings. The SMILES string of the molecule is CC(=Nc1cc(C)cc(C)c1)c1ccc(C(C)=Nc2cc([N+](=O)[O-])cc([N+](=O)[O-])c2)[n-]1.[Cl][Fe+][Cl]. The van der Waals surface area contributed by atoms with Crippen LogP contribution in [0.2, 0.25) is 0 Å². The molecule has 0 saturated carbocycles. The molecule has 2 aromatic carbocycles. The van der Waals surface area contributed by atoms with Crippen molar-refractivity contribution in [2.24, 2.45) is 9.98 Å². The second kappa shape index (κ2) is 12.4. The fourth-order valence-corrected chi connectivity index (χ4v) is 3.14. The summed E-state index contributed by atoms with van der Waals surface area (Å²) >= 11 is 0.194. The molecule has 0 amide bonds. The maximum atomic E-state index is 11.1. The Labute approximate surface area is 210 Å². The fourth-order valence-electron chi connectivity index (χ4n) is 3.14. The zero-order valence-electron chi connectivity index (χ0n) is 18.6. The van der Waals surface area contributed by atoms with Gasteiger partial charge in [-0.25, -0.2) is 0 Å². The van der Waals surface area contributed by atoms with Crippen LogP contribution in [0.15, 0.2) is 58.5 Å². The van der Waals surface area contributed by atoms with Crippen LogP contribution in [-0.2, 0) is 13.1 Å². The molecule has 3 aromatic rings. The topological polar surface area (TPSA) is 125 Å². The van der Waals surface area contributed by atoms with Crippen molar-refractivity contribution in [1.29, 1.82) is 0 Å². The van der Waals surface area contributed by atoms with Crippen LogP contribution in [-0.4, -0.2) is 21.3 Å². The first-order valence-electron chi connectivity index (χ1n) is 9.66. The Morgan fingerprint density at radius 2 is 1.18 bits per heavy atom. The molecule has 0 saturated heterocycles. The van der Waals surface area contributed by atoms with Gasteiger partial charge in [-0.1, -0.05) is 18.2 Å². The van der Waals surface area contributed by atoms with Gasteiger partial charge in [0.05, 0.1) is 27.3 Å². The molecule has 12 heteroatoms. The number of aryl methyl sites for hydroxylation is 2. The molecule has 34 heavy (non-hydrogen) atoms. The molecule has 0 N–H and O–H groups in total. The van der Waals surface area contributed by atoms with Gasteiger partial charge in [-0.05, 0) is 51.0 Å². The molecule has 0 aliphatic carbocycles. The van der Waals surface area contributed by atoms with Crippen LogP contribution in [0, 0.1) is 34.1 Å². The van der Waals surface area contributed by atoms with Crippen molar-refractivity contribution >= 4 is 54.4 Å². The van der Waals surface area contributed by atoms with E-state index in [0.717, 1.165) is 28.6 Å². The number of hydrogen-bond donors (Lipinski definition) is 0. The Balaban J connectivity index is 0.00000129. The number of non-ortho nitro benzene ring substituents is 2. The van der Waals surface area contributed by atoms with E-state index in [-0.39, 0.29) is 18.8 Å². The van der Waals surface area contributed by atoms with E-state index >= 15 is 0 Å². The van der Waals surface area contributed by atoms with E-state index < -0.39 is 21.2 Å². The Morgan fingerprint density at radius 1 is 0.794 bits per heavy atom. The second-order valence-corrected chi connectivity index (χ2v) is 9.05. The van der Waals surface area contributed by atoms with Gasteiger partial charge < -0.3 is 4.98 Å². The van der Waals surface area contributed by atoms with E-state index in [0.29, 0.717) is 17.1 Å². The maximum absolute atomic E-state index is 11.1. The quantitative estimate of drug-likeness (QED) is 0.147. The molecule has 0 aliphatic heterocycles. The summed E-state index contributed by atoms with van der Waals surface area (Å²) in [5.41, 5.74) is 4.84. The van der Waals surface area contributed by atoms with Crippen LogP contribution in [0.3, 0.4) is 0 Å². The molecular formula is C22H20Cl2FeN5O4. The number of hydrogen-bond acceptors (Lipinski definition) is 6. The van der Waals surface area contributed by atoms with Gasteiger partial charge in [0.25, 0.3) is 11.4 Å². The molecule has 1 heterocycles. The summed E-state index contributed by atoms with van der Waals surface area (Å²) in [5.74, 6) is 0. The molecule has 0 unspecified atom stereocenters. The number of nitro benzene ring substituents is 2. The first-order chi connectivity index (χ1) is 16.0. The Bertz CT molecular complexity index is 1220. The minimum atomic E-state index is -0.687. The number of benzene rings is 2. The number of aromatic nitrogens is 1. The predicted molar refractivity (Wildman–Crippen MR) is 131 cm³/mol. The van der Waals surface area contributed by atoms with E-state index in [1.54, 1.807) is 13.0 Å². The van der Waals surface area contributed by atoms with Crippen LogP contribution >= 0.6 is 20.2 Å². The Hall–Kier alpha value is -3.04.